The van der Waals surface area contributed by atoms with E-state index in [4.69, 9.17) is 0 Å². The number of amides is 1. The van der Waals surface area contributed by atoms with Crippen molar-refractivity contribution in [2.75, 3.05) is 5.32 Å². The first-order chi connectivity index (χ1) is 9.54. The van der Waals surface area contributed by atoms with Crippen LogP contribution in [-0.4, -0.2) is 10.5 Å². The van der Waals surface area contributed by atoms with Crippen molar-refractivity contribution in [2.24, 2.45) is 0 Å². The Balaban J connectivity index is 1.84. The first-order valence-electron chi connectivity index (χ1n) is 6.80. The second kappa shape index (κ2) is 5.09. The Morgan fingerprint density at radius 1 is 1.25 bits per heavy atom. The molecule has 0 unspecified atom stereocenters. The van der Waals surface area contributed by atoms with Crippen LogP contribution in [0.4, 0.5) is 5.69 Å². The molecule has 0 spiro atoms. The predicted molar refractivity (Wildman–Crippen MR) is 84.3 cm³/mol. The number of hydrogen-bond donors (Lipinski definition) is 1. The normalized spacial score (nSPS) is 14.3. The van der Waals surface area contributed by atoms with E-state index in [1.54, 1.807) is 0 Å². The van der Waals surface area contributed by atoms with E-state index in [0.717, 1.165) is 28.7 Å². The van der Waals surface area contributed by atoms with Gasteiger partial charge in [-0.2, -0.15) is 0 Å². The molecule has 1 saturated carbocycles. The van der Waals surface area contributed by atoms with E-state index in [2.05, 4.69) is 39.7 Å². The molecule has 0 radical (unpaired) electrons. The number of carbonyl (C=O) groups is 1. The Morgan fingerprint density at radius 3 is 2.65 bits per heavy atom. The fourth-order valence-electron chi connectivity index (χ4n) is 2.30. The van der Waals surface area contributed by atoms with Crippen LogP contribution < -0.4 is 5.32 Å². The Bertz CT molecular complexity index is 671. The summed E-state index contributed by atoms with van der Waals surface area (Å²) in [7, 11) is 0. The summed E-state index contributed by atoms with van der Waals surface area (Å²) in [5.74, 6) is -0.0501. The molecule has 2 aromatic rings. The molecule has 0 aliphatic heterocycles. The maximum atomic E-state index is 12.4. The van der Waals surface area contributed by atoms with Crippen LogP contribution in [0.3, 0.4) is 0 Å². The summed E-state index contributed by atoms with van der Waals surface area (Å²) in [5.41, 5.74) is 3.98. The van der Waals surface area contributed by atoms with Crippen LogP contribution in [0.1, 0.15) is 40.5 Å². The number of nitrogens with one attached hydrogen (secondary N) is 1. The van der Waals surface area contributed by atoms with E-state index in [1.165, 1.54) is 11.1 Å². The second-order valence-corrected chi connectivity index (χ2v) is 6.35. The highest BCUT2D eigenvalue weighted by molar-refractivity contribution is 9.10. The van der Waals surface area contributed by atoms with E-state index >= 15 is 0 Å². The molecule has 20 heavy (non-hydrogen) atoms. The third-order valence-electron chi connectivity index (χ3n) is 3.75. The van der Waals surface area contributed by atoms with Gasteiger partial charge in [-0.05, 0) is 71.9 Å². The molecule has 1 heterocycles. The van der Waals surface area contributed by atoms with Crippen LogP contribution in [0.15, 0.2) is 34.9 Å². The molecular formula is C16H17BrN2O. The van der Waals surface area contributed by atoms with Crippen molar-refractivity contribution < 1.29 is 4.79 Å². The minimum atomic E-state index is -0.0501. The van der Waals surface area contributed by atoms with Crippen LogP contribution in [0.2, 0.25) is 0 Å². The van der Waals surface area contributed by atoms with Gasteiger partial charge >= 0.3 is 0 Å². The molecule has 0 bridgehead atoms. The van der Waals surface area contributed by atoms with Crippen molar-refractivity contribution >= 4 is 27.5 Å². The fraction of sp³-hybridized carbons (Fsp3) is 0.312. The molecule has 4 heteroatoms. The van der Waals surface area contributed by atoms with Crippen LogP contribution in [-0.2, 0) is 0 Å². The summed E-state index contributed by atoms with van der Waals surface area (Å²) in [6.45, 7) is 4.12. The zero-order valence-corrected chi connectivity index (χ0v) is 13.2. The van der Waals surface area contributed by atoms with E-state index in [1.807, 2.05) is 30.5 Å². The molecule has 1 aliphatic carbocycles. The van der Waals surface area contributed by atoms with Gasteiger partial charge in [0.25, 0.3) is 5.91 Å². The Labute approximate surface area is 127 Å². The summed E-state index contributed by atoms with van der Waals surface area (Å²) >= 11 is 3.45. The second-order valence-electron chi connectivity index (χ2n) is 5.44. The average Bonchev–Trinajstić information content (AvgIpc) is 3.17. The average molecular weight is 333 g/mol. The maximum absolute atomic E-state index is 12.4. The topological polar surface area (TPSA) is 34.0 Å². The number of halogens is 1. The van der Waals surface area contributed by atoms with Gasteiger partial charge < -0.3 is 9.88 Å². The lowest BCUT2D eigenvalue weighted by atomic mass is 10.1. The van der Waals surface area contributed by atoms with E-state index in [0.29, 0.717) is 6.04 Å². The van der Waals surface area contributed by atoms with E-state index in [-0.39, 0.29) is 5.91 Å². The van der Waals surface area contributed by atoms with Gasteiger partial charge in [0.15, 0.2) is 0 Å². The van der Waals surface area contributed by atoms with E-state index < -0.39 is 0 Å². The van der Waals surface area contributed by atoms with Gasteiger partial charge in [-0.1, -0.05) is 6.07 Å². The molecule has 1 fully saturated rings. The van der Waals surface area contributed by atoms with Crippen molar-refractivity contribution in [3.8, 4) is 0 Å². The summed E-state index contributed by atoms with van der Waals surface area (Å²) < 4.78 is 3.02. The van der Waals surface area contributed by atoms with Crippen molar-refractivity contribution in [3.63, 3.8) is 0 Å². The molecule has 0 saturated heterocycles. The van der Waals surface area contributed by atoms with Gasteiger partial charge in [-0.25, -0.2) is 0 Å². The summed E-state index contributed by atoms with van der Waals surface area (Å²) in [5, 5.41) is 2.98. The first-order valence-corrected chi connectivity index (χ1v) is 7.60. The van der Waals surface area contributed by atoms with Crippen LogP contribution >= 0.6 is 15.9 Å². The quantitative estimate of drug-likeness (QED) is 0.884. The summed E-state index contributed by atoms with van der Waals surface area (Å²) in [6, 6.07) is 8.35. The largest absolute Gasteiger partial charge is 0.339 e. The maximum Gasteiger partial charge on any atom is 0.272 e. The highest BCUT2D eigenvalue weighted by Gasteiger charge is 2.27. The van der Waals surface area contributed by atoms with Crippen molar-refractivity contribution in [3.05, 3.63) is 51.8 Å². The first kappa shape index (κ1) is 13.4. The van der Waals surface area contributed by atoms with Crippen LogP contribution in [0.25, 0.3) is 0 Å². The third kappa shape index (κ3) is 2.66. The number of hydrogen-bond acceptors (Lipinski definition) is 1. The van der Waals surface area contributed by atoms with Gasteiger partial charge in [0.1, 0.15) is 5.69 Å². The minimum absolute atomic E-state index is 0.0501. The zero-order chi connectivity index (χ0) is 14.3. The predicted octanol–water partition coefficient (Wildman–Crippen LogP) is 4.45. The Morgan fingerprint density at radius 2 is 2.00 bits per heavy atom. The number of anilines is 1. The standard InChI is InChI=1S/C16H17BrN2O/c1-10-3-4-13(7-11(10)2)18-16(20)15-8-12(17)9-19(15)14-5-6-14/h3-4,7-9,14H,5-6H2,1-2H3,(H,18,20). The molecule has 104 valence electrons. The number of carbonyl (C=O) groups excluding carboxylic acids is 1. The van der Waals surface area contributed by atoms with Crippen LogP contribution in [0.5, 0.6) is 0 Å². The number of rotatable bonds is 3. The van der Waals surface area contributed by atoms with Gasteiger partial charge in [0.05, 0.1) is 0 Å². The lowest BCUT2D eigenvalue weighted by Gasteiger charge is -2.10. The molecule has 0 atom stereocenters. The third-order valence-corrected chi connectivity index (χ3v) is 4.19. The number of aryl methyl sites for hydroxylation is 2. The Kier molecular flexibility index (Phi) is 3.42. The van der Waals surface area contributed by atoms with E-state index in [9.17, 15) is 4.79 Å². The Hall–Kier alpha value is -1.55. The van der Waals surface area contributed by atoms with Crippen LogP contribution in [0, 0.1) is 13.8 Å². The molecular weight excluding hydrogens is 316 g/mol. The summed E-state index contributed by atoms with van der Waals surface area (Å²) in [4.78, 5) is 12.4. The molecule has 1 amide bonds. The lowest BCUT2D eigenvalue weighted by molar-refractivity contribution is 0.101. The number of nitrogens with zero attached hydrogens (tertiary/aromatic N) is 1. The van der Waals surface area contributed by atoms with Crippen molar-refractivity contribution in [1.82, 2.24) is 4.57 Å². The summed E-state index contributed by atoms with van der Waals surface area (Å²) in [6.07, 6.45) is 4.31. The smallest absolute Gasteiger partial charge is 0.272 e. The fourth-order valence-corrected chi connectivity index (χ4v) is 2.73. The SMILES string of the molecule is Cc1ccc(NC(=O)c2cc(Br)cn2C2CC2)cc1C. The number of aromatic nitrogens is 1. The zero-order valence-electron chi connectivity index (χ0n) is 11.6. The van der Waals surface area contributed by atoms with Gasteiger partial charge in [0.2, 0.25) is 0 Å². The molecule has 1 aromatic heterocycles. The van der Waals surface area contributed by atoms with Gasteiger partial charge in [-0.3, -0.25) is 4.79 Å². The molecule has 1 aliphatic rings. The number of benzene rings is 1. The minimum Gasteiger partial charge on any atom is -0.339 e. The van der Waals surface area contributed by atoms with Crippen molar-refractivity contribution in [1.29, 1.82) is 0 Å². The lowest BCUT2D eigenvalue weighted by Crippen LogP contribution is -2.16. The monoisotopic (exact) mass is 332 g/mol. The van der Waals surface area contributed by atoms with Gasteiger partial charge in [0, 0.05) is 22.4 Å². The highest BCUT2D eigenvalue weighted by Crippen LogP contribution is 2.37. The van der Waals surface area contributed by atoms with Crippen molar-refractivity contribution in [2.45, 2.75) is 32.7 Å². The molecule has 1 aromatic carbocycles. The molecule has 3 nitrogen and oxygen atoms in total. The molecule has 3 rings (SSSR count). The molecule has 1 N–H and O–H groups in total. The highest BCUT2D eigenvalue weighted by atomic mass is 79.9. The van der Waals surface area contributed by atoms with Gasteiger partial charge in [-0.15, -0.1) is 0 Å².